The summed E-state index contributed by atoms with van der Waals surface area (Å²) in [5.74, 6) is 0.536. The lowest BCUT2D eigenvalue weighted by molar-refractivity contribution is 0.196. The number of hydrogen-bond donors (Lipinski definition) is 3. The largest absolute Gasteiger partial charge is 0.395 e. The third-order valence-corrected chi connectivity index (χ3v) is 10.2. The van der Waals surface area contributed by atoms with Crippen LogP contribution in [0.3, 0.4) is 0 Å². The molecular formula is C40H58O3. The lowest BCUT2D eigenvalue weighted by atomic mass is 9.76. The first-order valence-electron chi connectivity index (χ1n) is 16.7. The van der Waals surface area contributed by atoms with Gasteiger partial charge in [0, 0.05) is 22.2 Å². The normalized spacial score (nSPS) is 17.4. The summed E-state index contributed by atoms with van der Waals surface area (Å²) in [6.45, 7) is 15.8. The van der Waals surface area contributed by atoms with Gasteiger partial charge in [0.25, 0.3) is 0 Å². The molecule has 3 rings (SSSR count). The zero-order chi connectivity index (χ0) is 31.7. The van der Waals surface area contributed by atoms with E-state index in [0.717, 1.165) is 44.9 Å². The van der Waals surface area contributed by atoms with Crippen LogP contribution in [0.5, 0.6) is 0 Å². The minimum Gasteiger partial charge on any atom is -0.395 e. The van der Waals surface area contributed by atoms with Crippen molar-refractivity contribution < 1.29 is 15.3 Å². The molecule has 0 bridgehead atoms. The van der Waals surface area contributed by atoms with Crippen molar-refractivity contribution in [1.29, 1.82) is 0 Å². The molecular weight excluding hydrogens is 528 g/mol. The second-order valence-electron chi connectivity index (χ2n) is 14.0. The molecule has 0 saturated heterocycles. The van der Waals surface area contributed by atoms with Gasteiger partial charge in [-0.3, -0.25) is 0 Å². The van der Waals surface area contributed by atoms with Gasteiger partial charge in [-0.05, 0) is 65.0 Å². The zero-order valence-corrected chi connectivity index (χ0v) is 28.0. The summed E-state index contributed by atoms with van der Waals surface area (Å²) in [6, 6.07) is 26.9. The molecule has 4 atom stereocenters. The molecule has 3 nitrogen and oxygen atoms in total. The van der Waals surface area contributed by atoms with E-state index in [1.54, 1.807) is 0 Å². The highest BCUT2D eigenvalue weighted by molar-refractivity contribution is 5.40. The Labute approximate surface area is 262 Å². The third kappa shape index (κ3) is 8.18. The van der Waals surface area contributed by atoms with Crippen molar-refractivity contribution in [3.63, 3.8) is 0 Å². The quantitative estimate of drug-likeness (QED) is 0.148. The molecule has 0 aliphatic heterocycles. The van der Waals surface area contributed by atoms with E-state index < -0.39 is 0 Å². The molecule has 0 radical (unpaired) electrons. The Kier molecular flexibility index (Phi) is 12.6. The summed E-state index contributed by atoms with van der Waals surface area (Å²) in [4.78, 5) is 0. The Morgan fingerprint density at radius 2 is 0.767 bits per heavy atom. The molecule has 236 valence electrons. The monoisotopic (exact) mass is 586 g/mol. The van der Waals surface area contributed by atoms with E-state index in [1.807, 2.05) is 0 Å². The van der Waals surface area contributed by atoms with E-state index >= 15 is 0 Å². The minimum absolute atomic E-state index is 0.146. The maximum absolute atomic E-state index is 10.2. The minimum atomic E-state index is -0.228. The number of hydrogen-bond acceptors (Lipinski definition) is 3. The lowest BCUT2D eigenvalue weighted by Crippen LogP contribution is -2.26. The molecule has 0 fully saturated rings. The fourth-order valence-electron chi connectivity index (χ4n) is 7.00. The molecule has 3 aromatic carbocycles. The first-order valence-corrected chi connectivity index (χ1v) is 16.7. The fraction of sp³-hybridized carbons (Fsp3) is 0.550. The van der Waals surface area contributed by atoms with Crippen LogP contribution >= 0.6 is 0 Å². The van der Waals surface area contributed by atoms with Gasteiger partial charge in [-0.15, -0.1) is 0 Å². The van der Waals surface area contributed by atoms with Gasteiger partial charge in [0.2, 0.25) is 0 Å². The van der Waals surface area contributed by atoms with Crippen molar-refractivity contribution in [2.45, 2.75) is 121 Å². The van der Waals surface area contributed by atoms with E-state index in [0.29, 0.717) is 5.92 Å². The van der Waals surface area contributed by atoms with Crippen molar-refractivity contribution >= 4 is 0 Å². The molecule has 0 aromatic heterocycles. The highest BCUT2D eigenvalue weighted by atomic mass is 16.3. The Morgan fingerprint density at radius 3 is 1.02 bits per heavy atom. The van der Waals surface area contributed by atoms with Crippen LogP contribution in [-0.2, 0) is 16.2 Å². The van der Waals surface area contributed by atoms with Crippen LogP contribution in [0.1, 0.15) is 139 Å². The second-order valence-corrected chi connectivity index (χ2v) is 14.0. The number of benzene rings is 3. The highest BCUT2D eigenvalue weighted by Gasteiger charge is 2.28. The summed E-state index contributed by atoms with van der Waals surface area (Å²) in [5.41, 5.74) is 6.80. The topological polar surface area (TPSA) is 60.7 Å². The zero-order valence-electron chi connectivity index (χ0n) is 28.0. The second kappa shape index (κ2) is 15.5. The molecule has 0 aliphatic rings. The summed E-state index contributed by atoms with van der Waals surface area (Å²) in [7, 11) is 0. The Hall–Kier alpha value is -2.46. The van der Waals surface area contributed by atoms with Gasteiger partial charge in [0.05, 0.1) is 19.8 Å². The predicted octanol–water partition coefficient (Wildman–Crippen LogP) is 9.16. The van der Waals surface area contributed by atoms with Crippen molar-refractivity contribution in [1.82, 2.24) is 0 Å². The van der Waals surface area contributed by atoms with Gasteiger partial charge in [0.1, 0.15) is 0 Å². The number of aliphatic hydroxyl groups is 3. The van der Waals surface area contributed by atoms with E-state index in [1.165, 1.54) is 33.4 Å². The molecule has 0 heterocycles. The summed E-state index contributed by atoms with van der Waals surface area (Å²) in [6.07, 6.45) is 6.94. The summed E-state index contributed by atoms with van der Waals surface area (Å²) >= 11 is 0. The van der Waals surface area contributed by atoms with Gasteiger partial charge >= 0.3 is 0 Å². The van der Waals surface area contributed by atoms with Gasteiger partial charge in [0.15, 0.2) is 0 Å². The summed E-state index contributed by atoms with van der Waals surface area (Å²) in [5, 5.41) is 30.5. The van der Waals surface area contributed by atoms with Gasteiger partial charge < -0.3 is 15.3 Å². The molecule has 0 spiro atoms. The van der Waals surface area contributed by atoms with Crippen LogP contribution in [0.2, 0.25) is 0 Å². The molecule has 0 aliphatic carbocycles. The first-order chi connectivity index (χ1) is 20.5. The SMILES string of the molecule is CCCC(C)(CO)c1ccc(C(C)CC(c2ccc(C(C)(CO)CCC)cc2)c2ccc(C(C)(CO)CCC)cc2)cc1. The molecule has 0 saturated carbocycles. The van der Waals surface area contributed by atoms with Crippen LogP contribution in [-0.4, -0.2) is 35.1 Å². The van der Waals surface area contributed by atoms with Crippen molar-refractivity contribution in [2.24, 2.45) is 0 Å². The van der Waals surface area contributed by atoms with Crippen molar-refractivity contribution in [3.8, 4) is 0 Å². The summed E-state index contributed by atoms with van der Waals surface area (Å²) < 4.78 is 0. The van der Waals surface area contributed by atoms with E-state index in [9.17, 15) is 15.3 Å². The molecule has 3 heteroatoms. The molecule has 3 N–H and O–H groups in total. The lowest BCUT2D eigenvalue weighted by Gasteiger charge is -2.30. The highest BCUT2D eigenvalue weighted by Crippen LogP contribution is 2.39. The van der Waals surface area contributed by atoms with Gasteiger partial charge in [-0.2, -0.15) is 0 Å². The van der Waals surface area contributed by atoms with Crippen LogP contribution < -0.4 is 0 Å². The standard InChI is InChI=1S/C40H58O3/c1-8-23-38(5,27-41)34-17-11-31(12-18-34)30(4)26-37(32-13-19-35(20-14-32)39(6,28-42)24-9-2)33-15-21-36(22-16-33)40(7,29-43)25-10-3/h11-22,30,37,41-43H,8-10,23-29H2,1-7H3. The fourth-order valence-corrected chi connectivity index (χ4v) is 7.00. The third-order valence-electron chi connectivity index (χ3n) is 10.2. The number of rotatable bonds is 17. The molecule has 43 heavy (non-hydrogen) atoms. The maximum Gasteiger partial charge on any atom is 0.0525 e. The maximum atomic E-state index is 10.2. The van der Waals surface area contributed by atoms with Crippen molar-refractivity contribution in [2.75, 3.05) is 19.8 Å². The Morgan fingerprint density at radius 1 is 0.488 bits per heavy atom. The Bertz CT molecular complexity index is 1170. The van der Waals surface area contributed by atoms with Crippen LogP contribution in [0.25, 0.3) is 0 Å². The van der Waals surface area contributed by atoms with Gasteiger partial charge in [-0.25, -0.2) is 0 Å². The molecule has 3 aromatic rings. The van der Waals surface area contributed by atoms with E-state index in [-0.39, 0.29) is 42.0 Å². The van der Waals surface area contributed by atoms with Gasteiger partial charge in [-0.1, -0.05) is 141 Å². The van der Waals surface area contributed by atoms with Crippen LogP contribution in [0.15, 0.2) is 72.8 Å². The van der Waals surface area contributed by atoms with Crippen molar-refractivity contribution in [3.05, 3.63) is 106 Å². The van der Waals surface area contributed by atoms with E-state index in [4.69, 9.17) is 0 Å². The first kappa shape index (κ1) is 35.0. The smallest absolute Gasteiger partial charge is 0.0525 e. The molecule has 4 unspecified atom stereocenters. The Balaban J connectivity index is 1.97. The molecule has 0 amide bonds. The predicted molar refractivity (Wildman–Crippen MR) is 182 cm³/mol. The van der Waals surface area contributed by atoms with E-state index in [2.05, 4.69) is 121 Å². The number of aliphatic hydroxyl groups excluding tert-OH is 3. The average Bonchev–Trinajstić information content (AvgIpc) is 3.04. The average molecular weight is 587 g/mol. The van der Waals surface area contributed by atoms with Crippen LogP contribution in [0.4, 0.5) is 0 Å². The van der Waals surface area contributed by atoms with Crippen LogP contribution in [0, 0.1) is 0 Å².